The summed E-state index contributed by atoms with van der Waals surface area (Å²) in [6, 6.07) is 0. The zero-order chi connectivity index (χ0) is 9.02. The van der Waals surface area contributed by atoms with Gasteiger partial charge in [0.2, 0.25) is 0 Å². The van der Waals surface area contributed by atoms with Crippen molar-refractivity contribution in [1.82, 2.24) is 0 Å². The molecular formula is C8H12MgO3Zn. The second-order valence-corrected chi connectivity index (χ2v) is 2.24. The summed E-state index contributed by atoms with van der Waals surface area (Å²) >= 11 is 0. The van der Waals surface area contributed by atoms with Crippen LogP contribution in [-0.4, -0.2) is 35.0 Å². The molecule has 0 rings (SSSR count). The Bertz CT molecular complexity index is 220. The zero-order valence-electron chi connectivity index (χ0n) is 10.1. The van der Waals surface area contributed by atoms with Gasteiger partial charge < -0.3 is 7.59 Å². The van der Waals surface area contributed by atoms with E-state index >= 15 is 0 Å². The molecule has 0 aliphatic rings. The molecule has 13 heavy (non-hydrogen) atoms. The third-order valence-electron chi connectivity index (χ3n) is 0.882. The van der Waals surface area contributed by atoms with Crippen LogP contribution in [0.1, 0.15) is 16.7 Å². The van der Waals surface area contributed by atoms with Crippen molar-refractivity contribution in [3.8, 4) is 0 Å². The van der Waals surface area contributed by atoms with Crippen molar-refractivity contribution >= 4 is 35.0 Å². The van der Waals surface area contributed by atoms with Gasteiger partial charge in [0.25, 0.3) is 0 Å². The summed E-state index contributed by atoms with van der Waals surface area (Å²) in [5.74, 6) is -1.42. The summed E-state index contributed by atoms with van der Waals surface area (Å²) in [7, 11) is 0. The number of carbonyl (C=O) groups is 2. The van der Waals surface area contributed by atoms with Crippen molar-refractivity contribution in [2.24, 2.45) is 0 Å². The molecule has 0 saturated carbocycles. The average Bonchev–Trinajstić information content (AvgIpc) is 1.87. The van der Waals surface area contributed by atoms with Gasteiger partial charge in [0, 0.05) is 30.6 Å². The molecular weight excluding hydrogens is 234 g/mol. The van der Waals surface area contributed by atoms with E-state index in [0.717, 1.165) is 0 Å². The van der Waals surface area contributed by atoms with Crippen molar-refractivity contribution in [2.45, 2.75) is 13.8 Å². The molecule has 0 atom stereocenters. The van der Waals surface area contributed by atoms with E-state index in [0.29, 0.717) is 0 Å². The summed E-state index contributed by atoms with van der Waals surface area (Å²) in [4.78, 5) is 21.3. The maximum atomic E-state index is 10.7. The van der Waals surface area contributed by atoms with Crippen molar-refractivity contribution in [1.29, 1.82) is 0 Å². The van der Waals surface area contributed by atoms with Gasteiger partial charge in [-0.3, -0.25) is 0 Å². The molecule has 0 saturated heterocycles. The van der Waals surface area contributed by atoms with E-state index in [1.165, 1.54) is 13.8 Å². The predicted octanol–water partition coefficient (Wildman–Crippen LogP) is 1.05. The van der Waals surface area contributed by atoms with E-state index in [2.05, 4.69) is 17.9 Å². The van der Waals surface area contributed by atoms with Crippen molar-refractivity contribution in [3.05, 3.63) is 24.3 Å². The maximum Gasteiger partial charge on any atom is 2.00 e. The van der Waals surface area contributed by atoms with Crippen LogP contribution in [0.4, 0.5) is 0 Å². The summed E-state index contributed by atoms with van der Waals surface area (Å²) in [5.41, 5.74) is 0.388. The Kier molecular flexibility index (Phi) is 12.4. The molecule has 5 heteroatoms. The van der Waals surface area contributed by atoms with E-state index in [4.69, 9.17) is 0 Å². The van der Waals surface area contributed by atoms with Crippen LogP contribution in [0.15, 0.2) is 24.3 Å². The van der Waals surface area contributed by atoms with Gasteiger partial charge in [-0.2, -0.15) is 0 Å². The van der Waals surface area contributed by atoms with E-state index in [1.807, 2.05) is 0 Å². The van der Waals surface area contributed by atoms with Gasteiger partial charge in [0.1, 0.15) is 0 Å². The monoisotopic (exact) mass is 244 g/mol. The topological polar surface area (TPSA) is 43.4 Å². The number of hydrogen-bond donors (Lipinski definition) is 0. The van der Waals surface area contributed by atoms with Crippen LogP contribution in [-0.2, 0) is 33.8 Å². The Hall–Kier alpha value is 0.00961. The molecule has 0 aromatic rings. The van der Waals surface area contributed by atoms with E-state index in [9.17, 15) is 9.59 Å². The summed E-state index contributed by atoms with van der Waals surface area (Å²) < 4.78 is 4.30. The first-order valence-electron chi connectivity index (χ1n) is 3.02. The molecule has 0 N–H and O–H groups in total. The van der Waals surface area contributed by atoms with Gasteiger partial charge in [0.05, 0.1) is 0 Å². The largest absolute Gasteiger partial charge is 2.00 e. The number of ether oxygens (including phenoxy) is 1. The minimum absolute atomic E-state index is 0. The minimum atomic E-state index is -0.710. The molecule has 0 amide bonds. The molecule has 0 aromatic carbocycles. The summed E-state index contributed by atoms with van der Waals surface area (Å²) in [6.07, 6.45) is 0. The molecule has 0 fully saturated rings. The molecule has 66 valence electrons. The minimum Gasteiger partial charge on any atom is -1.00 e. The zero-order valence-corrected chi connectivity index (χ0v) is 12.4. The van der Waals surface area contributed by atoms with Gasteiger partial charge in [-0.1, -0.05) is 13.2 Å². The number of carbonyl (C=O) groups excluding carboxylic acids is 2. The standard InChI is InChI=1S/C8H10O3.Mg.Zn.2H/c1-5(2)7(9)11-8(10)6(3)4;;;;/h1,3H2,2,4H3;;;;/q;+2;;2*-1. The third kappa shape index (κ3) is 8.34. The summed E-state index contributed by atoms with van der Waals surface area (Å²) in [6.45, 7) is 9.55. The number of hydrogen-bond acceptors (Lipinski definition) is 3. The Morgan fingerprint density at radius 3 is 1.46 bits per heavy atom. The molecule has 0 spiro atoms. The molecule has 0 radical (unpaired) electrons. The van der Waals surface area contributed by atoms with Crippen LogP contribution < -0.4 is 0 Å². The first-order valence-corrected chi connectivity index (χ1v) is 3.02. The Morgan fingerprint density at radius 2 is 1.31 bits per heavy atom. The second-order valence-electron chi connectivity index (χ2n) is 2.24. The molecule has 0 aromatic heterocycles. The second kappa shape index (κ2) is 8.60. The smallest absolute Gasteiger partial charge is 1.00 e. The van der Waals surface area contributed by atoms with Gasteiger partial charge in [0.15, 0.2) is 0 Å². The Balaban J connectivity index is -0.0000000833. The predicted molar refractivity (Wildman–Crippen MR) is 48.7 cm³/mol. The fraction of sp³-hybridized carbons (Fsp3) is 0.250. The SMILES string of the molecule is C=C(C)C(=O)OC(=O)C(=C)C.[H-].[H-].[Mg+2].[Zn]. The van der Waals surface area contributed by atoms with Crippen LogP contribution in [0, 0.1) is 0 Å². The Labute approximate surface area is 109 Å². The first kappa shape index (κ1) is 18.7. The van der Waals surface area contributed by atoms with E-state index in [1.54, 1.807) is 0 Å². The molecule has 0 heterocycles. The van der Waals surface area contributed by atoms with Crippen LogP contribution in [0.25, 0.3) is 0 Å². The molecule has 3 nitrogen and oxygen atoms in total. The summed E-state index contributed by atoms with van der Waals surface area (Å²) in [5, 5.41) is 0. The fourth-order valence-corrected chi connectivity index (χ4v) is 0.258. The van der Waals surface area contributed by atoms with E-state index in [-0.39, 0.29) is 56.5 Å². The average molecular weight is 246 g/mol. The first-order chi connectivity index (χ1) is 4.95. The molecule has 0 aliphatic heterocycles. The van der Waals surface area contributed by atoms with Crippen molar-refractivity contribution in [2.75, 3.05) is 0 Å². The molecule has 0 bridgehead atoms. The normalized spacial score (nSPS) is 7.23. The van der Waals surface area contributed by atoms with Gasteiger partial charge in [-0.15, -0.1) is 0 Å². The quantitative estimate of drug-likeness (QED) is 0.316. The van der Waals surface area contributed by atoms with Gasteiger partial charge in [-0.05, 0) is 13.8 Å². The number of esters is 2. The molecule has 0 unspecified atom stereocenters. The van der Waals surface area contributed by atoms with Crippen LogP contribution >= 0.6 is 0 Å². The molecule has 0 aliphatic carbocycles. The number of rotatable bonds is 2. The van der Waals surface area contributed by atoms with E-state index < -0.39 is 11.9 Å². The van der Waals surface area contributed by atoms with Crippen LogP contribution in [0.5, 0.6) is 0 Å². The van der Waals surface area contributed by atoms with Crippen LogP contribution in [0.3, 0.4) is 0 Å². The fourth-order valence-electron chi connectivity index (χ4n) is 0.258. The van der Waals surface area contributed by atoms with Crippen molar-refractivity contribution in [3.63, 3.8) is 0 Å². The maximum absolute atomic E-state index is 10.7. The van der Waals surface area contributed by atoms with Crippen molar-refractivity contribution < 1.29 is 36.7 Å². The third-order valence-corrected chi connectivity index (χ3v) is 0.882. The van der Waals surface area contributed by atoms with Gasteiger partial charge >= 0.3 is 35.0 Å². The Morgan fingerprint density at radius 1 is 1.08 bits per heavy atom. The van der Waals surface area contributed by atoms with Crippen LogP contribution in [0.2, 0.25) is 0 Å². The van der Waals surface area contributed by atoms with Gasteiger partial charge in [-0.25, -0.2) is 9.59 Å².